The van der Waals surface area contributed by atoms with Gasteiger partial charge in [-0.05, 0) is 35.9 Å². The number of rotatable bonds is 26. The van der Waals surface area contributed by atoms with Gasteiger partial charge in [0.15, 0.2) is 0 Å². The maximum atomic E-state index is 13.0. The zero-order chi connectivity index (χ0) is 36.4. The number of hydrogen-bond acceptors (Lipinski definition) is 11. The molecule has 0 fully saturated rings. The lowest BCUT2D eigenvalue weighted by atomic mass is 10.1. The molecule has 51 heavy (non-hydrogen) atoms. The van der Waals surface area contributed by atoms with E-state index in [-0.39, 0.29) is 31.1 Å². The SMILES string of the molecule is O=C(NCCOCCOCCOCCOCCOCCOCCOC(=O)c1ccccc1Nc1cccc(C(F)(F)F)c1)OCc1ccccc1. The Hall–Kier alpha value is -4.25. The van der Waals surface area contributed by atoms with Crippen LogP contribution in [0.5, 0.6) is 0 Å². The summed E-state index contributed by atoms with van der Waals surface area (Å²) in [4.78, 5) is 24.2. The van der Waals surface area contributed by atoms with Crippen molar-refractivity contribution < 1.29 is 60.7 Å². The number of hydrogen-bond donors (Lipinski definition) is 2. The van der Waals surface area contributed by atoms with Crippen molar-refractivity contribution in [1.82, 2.24) is 5.32 Å². The smallest absolute Gasteiger partial charge is 0.416 e. The molecule has 3 aromatic carbocycles. The predicted octanol–water partition coefficient (Wildman–Crippen LogP) is 5.63. The molecule has 0 heterocycles. The lowest BCUT2D eigenvalue weighted by Crippen LogP contribution is -2.28. The van der Waals surface area contributed by atoms with Gasteiger partial charge in [0.25, 0.3) is 0 Å². The number of alkyl carbamates (subject to hydrolysis) is 1. The second-order valence-electron chi connectivity index (χ2n) is 10.5. The summed E-state index contributed by atoms with van der Waals surface area (Å²) in [6, 6.07) is 20.5. The number of ether oxygens (including phenoxy) is 8. The quantitative estimate of drug-likeness (QED) is 0.0790. The fourth-order valence-electron chi connectivity index (χ4n) is 4.17. The van der Waals surface area contributed by atoms with Crippen molar-refractivity contribution in [2.24, 2.45) is 0 Å². The average Bonchev–Trinajstić information content (AvgIpc) is 3.13. The largest absolute Gasteiger partial charge is 0.460 e. The van der Waals surface area contributed by atoms with E-state index in [1.54, 1.807) is 18.2 Å². The molecular weight excluding hydrogens is 677 g/mol. The van der Waals surface area contributed by atoms with E-state index in [1.807, 2.05) is 30.3 Å². The van der Waals surface area contributed by atoms with Crippen LogP contribution in [0.2, 0.25) is 0 Å². The summed E-state index contributed by atoms with van der Waals surface area (Å²) in [5.41, 5.74) is 0.811. The highest BCUT2D eigenvalue weighted by molar-refractivity contribution is 5.96. The van der Waals surface area contributed by atoms with Crippen LogP contribution in [0, 0.1) is 0 Å². The monoisotopic (exact) mass is 722 g/mol. The second kappa shape index (κ2) is 24.8. The first kappa shape index (κ1) is 41.2. The number of para-hydroxylation sites is 1. The van der Waals surface area contributed by atoms with Gasteiger partial charge >= 0.3 is 18.2 Å². The fourth-order valence-corrected chi connectivity index (χ4v) is 4.17. The van der Waals surface area contributed by atoms with Crippen LogP contribution in [0.25, 0.3) is 0 Å². The van der Waals surface area contributed by atoms with Crippen LogP contribution in [0.15, 0.2) is 78.9 Å². The third-order valence-corrected chi connectivity index (χ3v) is 6.67. The summed E-state index contributed by atoms with van der Waals surface area (Å²) < 4.78 is 82.1. The molecule has 12 nitrogen and oxygen atoms in total. The molecule has 0 aliphatic heterocycles. The summed E-state index contributed by atoms with van der Waals surface area (Å²) in [5, 5.41) is 5.48. The van der Waals surface area contributed by atoms with E-state index in [1.165, 1.54) is 18.2 Å². The van der Waals surface area contributed by atoms with E-state index in [4.69, 9.17) is 37.9 Å². The standard InChI is InChI=1S/C36H45F3N2O10/c37-36(38,39)30-9-6-10-31(27-30)41-33-12-5-4-11-32(33)34(42)50-26-25-49-24-23-48-22-21-47-20-19-46-18-17-45-16-15-44-14-13-40-35(43)51-28-29-7-2-1-3-8-29/h1-12,27,41H,13-26,28H2,(H,40,43). The van der Waals surface area contributed by atoms with Crippen molar-refractivity contribution in [1.29, 1.82) is 0 Å². The maximum Gasteiger partial charge on any atom is 0.416 e. The molecule has 15 heteroatoms. The molecule has 1 amide bonds. The lowest BCUT2D eigenvalue weighted by Gasteiger charge is -2.13. The number of anilines is 2. The van der Waals surface area contributed by atoms with Gasteiger partial charge in [-0.1, -0.05) is 48.5 Å². The van der Waals surface area contributed by atoms with Crippen molar-refractivity contribution in [2.75, 3.05) is 97.8 Å². The Morgan fingerprint density at radius 2 is 1.10 bits per heavy atom. The molecule has 0 bridgehead atoms. The Morgan fingerprint density at radius 1 is 0.569 bits per heavy atom. The zero-order valence-corrected chi connectivity index (χ0v) is 28.3. The van der Waals surface area contributed by atoms with E-state index in [0.717, 1.165) is 17.7 Å². The molecule has 3 aromatic rings. The molecular formula is C36H45F3N2O10. The summed E-state index contributed by atoms with van der Waals surface area (Å²) in [5.74, 6) is -0.634. The van der Waals surface area contributed by atoms with Crippen LogP contribution < -0.4 is 10.6 Å². The van der Waals surface area contributed by atoms with Gasteiger partial charge in [0, 0.05) is 12.2 Å². The maximum absolute atomic E-state index is 13.0. The van der Waals surface area contributed by atoms with Crippen molar-refractivity contribution >= 4 is 23.4 Å². The van der Waals surface area contributed by atoms with Crippen molar-refractivity contribution in [2.45, 2.75) is 12.8 Å². The molecule has 0 saturated heterocycles. The molecule has 0 saturated carbocycles. The summed E-state index contributed by atoms with van der Waals surface area (Å²) in [6.45, 7) is 4.90. The first-order chi connectivity index (χ1) is 24.8. The number of carbonyl (C=O) groups is 2. The number of esters is 1. The first-order valence-electron chi connectivity index (χ1n) is 16.4. The van der Waals surface area contributed by atoms with Crippen LogP contribution in [0.3, 0.4) is 0 Å². The van der Waals surface area contributed by atoms with Crippen LogP contribution in [0.1, 0.15) is 21.5 Å². The van der Waals surface area contributed by atoms with Crippen molar-refractivity contribution in [3.05, 3.63) is 95.6 Å². The minimum absolute atomic E-state index is 0.00799. The normalized spacial score (nSPS) is 11.3. The molecule has 3 rings (SSSR count). The predicted molar refractivity (Wildman–Crippen MR) is 181 cm³/mol. The Morgan fingerprint density at radius 3 is 1.69 bits per heavy atom. The van der Waals surface area contributed by atoms with Gasteiger partial charge in [0.1, 0.15) is 13.2 Å². The summed E-state index contributed by atoms with van der Waals surface area (Å²) in [7, 11) is 0. The number of carbonyl (C=O) groups excluding carboxylic acids is 2. The van der Waals surface area contributed by atoms with Crippen LogP contribution in [0.4, 0.5) is 29.3 Å². The molecule has 0 atom stereocenters. The van der Waals surface area contributed by atoms with Crippen molar-refractivity contribution in [3.63, 3.8) is 0 Å². The molecule has 280 valence electrons. The van der Waals surface area contributed by atoms with Crippen molar-refractivity contribution in [3.8, 4) is 0 Å². The third-order valence-electron chi connectivity index (χ3n) is 6.67. The van der Waals surface area contributed by atoms with Gasteiger partial charge in [-0.3, -0.25) is 0 Å². The topological polar surface area (TPSA) is 132 Å². The molecule has 0 spiro atoms. The molecule has 0 unspecified atom stereocenters. The zero-order valence-electron chi connectivity index (χ0n) is 28.3. The Labute approximate surface area is 295 Å². The number of benzene rings is 3. The van der Waals surface area contributed by atoms with Gasteiger partial charge < -0.3 is 48.5 Å². The first-order valence-corrected chi connectivity index (χ1v) is 16.4. The minimum Gasteiger partial charge on any atom is -0.460 e. The highest BCUT2D eigenvalue weighted by Gasteiger charge is 2.30. The highest BCUT2D eigenvalue weighted by Crippen LogP contribution is 2.32. The summed E-state index contributed by atoms with van der Waals surface area (Å²) >= 11 is 0. The van der Waals surface area contributed by atoms with Crippen LogP contribution in [-0.2, 0) is 50.7 Å². The molecule has 0 aliphatic carbocycles. The number of halogens is 3. The fraction of sp³-hybridized carbons (Fsp3) is 0.444. The van der Waals surface area contributed by atoms with E-state index in [2.05, 4.69) is 10.6 Å². The van der Waals surface area contributed by atoms with Crippen LogP contribution in [-0.4, -0.2) is 104 Å². The Balaban J connectivity index is 1.06. The second-order valence-corrected chi connectivity index (χ2v) is 10.5. The number of nitrogens with one attached hydrogen (secondary N) is 2. The highest BCUT2D eigenvalue weighted by atomic mass is 19.4. The third kappa shape index (κ3) is 18.5. The minimum atomic E-state index is -4.48. The van der Waals surface area contributed by atoms with Crippen LogP contribution >= 0.6 is 0 Å². The average molecular weight is 723 g/mol. The van der Waals surface area contributed by atoms with Gasteiger partial charge in [-0.2, -0.15) is 13.2 Å². The molecule has 0 aliphatic rings. The molecule has 2 N–H and O–H groups in total. The van der Waals surface area contributed by atoms with Gasteiger partial charge in [0.2, 0.25) is 0 Å². The summed E-state index contributed by atoms with van der Waals surface area (Å²) in [6.07, 6.45) is -4.97. The Bertz CT molecular complexity index is 1400. The van der Waals surface area contributed by atoms with E-state index < -0.39 is 23.8 Å². The van der Waals surface area contributed by atoms with Gasteiger partial charge in [0.05, 0.1) is 96.1 Å². The van der Waals surface area contributed by atoms with E-state index >= 15 is 0 Å². The van der Waals surface area contributed by atoms with E-state index in [9.17, 15) is 22.8 Å². The molecule has 0 radical (unpaired) electrons. The van der Waals surface area contributed by atoms with Gasteiger partial charge in [-0.15, -0.1) is 0 Å². The van der Waals surface area contributed by atoms with Gasteiger partial charge in [-0.25, -0.2) is 9.59 Å². The lowest BCUT2D eigenvalue weighted by molar-refractivity contribution is -0.137. The Kier molecular flexibility index (Phi) is 20.0. The van der Waals surface area contributed by atoms with E-state index in [0.29, 0.717) is 84.9 Å². The number of alkyl halides is 3. The number of amides is 1. The molecule has 0 aromatic heterocycles.